The van der Waals surface area contributed by atoms with Crippen LogP contribution in [0.25, 0.3) is 0 Å². The first-order valence-electron chi connectivity index (χ1n) is 8.87. The quantitative estimate of drug-likeness (QED) is 0.369. The van der Waals surface area contributed by atoms with Gasteiger partial charge in [0.05, 0.1) is 6.54 Å². The number of halogens is 1. The van der Waals surface area contributed by atoms with Gasteiger partial charge in [0.15, 0.2) is 5.96 Å². The summed E-state index contributed by atoms with van der Waals surface area (Å²) in [6.07, 6.45) is 5.76. The average Bonchev–Trinajstić information content (AvgIpc) is 2.97. The fourth-order valence-corrected chi connectivity index (χ4v) is 3.65. The predicted octanol–water partition coefficient (Wildman–Crippen LogP) is 3.25. The molecular weight excluding hydrogens is 433 g/mol. The molecule has 1 aromatic heterocycles. The van der Waals surface area contributed by atoms with Gasteiger partial charge in [-0.1, -0.05) is 6.92 Å². The van der Waals surface area contributed by atoms with Gasteiger partial charge in [-0.25, -0.2) is 9.98 Å². The van der Waals surface area contributed by atoms with Crippen molar-refractivity contribution in [2.45, 2.75) is 46.6 Å². The minimum absolute atomic E-state index is 0. The fraction of sp³-hybridized carbons (Fsp3) is 0.765. The van der Waals surface area contributed by atoms with Crippen molar-refractivity contribution in [1.82, 2.24) is 20.5 Å². The number of aryl methyl sites for hydroxylation is 1. The van der Waals surface area contributed by atoms with E-state index in [0.29, 0.717) is 6.54 Å². The van der Waals surface area contributed by atoms with Crippen LogP contribution in [0.2, 0.25) is 0 Å². The second-order valence-corrected chi connectivity index (χ2v) is 7.55. The highest BCUT2D eigenvalue weighted by Crippen LogP contribution is 2.16. The molecule has 24 heavy (non-hydrogen) atoms. The van der Waals surface area contributed by atoms with Gasteiger partial charge < -0.3 is 15.5 Å². The maximum Gasteiger partial charge on any atom is 0.191 e. The third-order valence-electron chi connectivity index (χ3n) is 4.19. The Bertz CT molecular complexity index is 483. The standard InChI is InChI=1S/C17H31N5S.HI/c1-4-8-22-9-6-15(7-10-22)12-20-17(18-5-2)21-13-16-19-11-14(3)23-16;/h11,15H,4-10,12-13H2,1-3H3,(H2,18,20,21);1H. The Labute approximate surface area is 167 Å². The van der Waals surface area contributed by atoms with Gasteiger partial charge in [0.25, 0.3) is 0 Å². The highest BCUT2D eigenvalue weighted by molar-refractivity contribution is 14.0. The number of hydrogen-bond donors (Lipinski definition) is 2. The van der Waals surface area contributed by atoms with Crippen LogP contribution in [0.15, 0.2) is 11.2 Å². The molecule has 0 unspecified atom stereocenters. The first-order chi connectivity index (χ1) is 11.2. The molecular formula is C17H32IN5S. The molecule has 0 aromatic carbocycles. The number of rotatable bonds is 7. The van der Waals surface area contributed by atoms with Crippen LogP contribution in [0.5, 0.6) is 0 Å². The van der Waals surface area contributed by atoms with Crippen LogP contribution in [0.3, 0.4) is 0 Å². The van der Waals surface area contributed by atoms with Crippen molar-refractivity contribution in [1.29, 1.82) is 0 Å². The van der Waals surface area contributed by atoms with Crippen molar-refractivity contribution >= 4 is 41.3 Å². The van der Waals surface area contributed by atoms with E-state index in [1.165, 1.54) is 43.8 Å². The molecule has 1 aromatic rings. The van der Waals surface area contributed by atoms with E-state index in [2.05, 4.69) is 46.3 Å². The van der Waals surface area contributed by atoms with Crippen molar-refractivity contribution in [3.63, 3.8) is 0 Å². The van der Waals surface area contributed by atoms with Gasteiger partial charge >= 0.3 is 0 Å². The van der Waals surface area contributed by atoms with Gasteiger partial charge in [0.1, 0.15) is 5.01 Å². The summed E-state index contributed by atoms with van der Waals surface area (Å²) in [4.78, 5) is 12.9. The molecule has 0 spiro atoms. The third kappa shape index (κ3) is 7.65. The molecule has 1 fully saturated rings. The monoisotopic (exact) mass is 465 g/mol. The molecule has 0 aliphatic carbocycles. The van der Waals surface area contributed by atoms with Crippen LogP contribution >= 0.6 is 35.3 Å². The highest BCUT2D eigenvalue weighted by Gasteiger charge is 2.18. The smallest absolute Gasteiger partial charge is 0.191 e. The second kappa shape index (κ2) is 12.0. The average molecular weight is 465 g/mol. The SMILES string of the molecule is CCCN1CCC(CNC(=NCc2ncc(C)s2)NCC)CC1.I. The Morgan fingerprint density at radius 3 is 2.67 bits per heavy atom. The predicted molar refractivity (Wildman–Crippen MR) is 115 cm³/mol. The lowest BCUT2D eigenvalue weighted by Gasteiger charge is -2.32. The van der Waals surface area contributed by atoms with Crippen molar-refractivity contribution < 1.29 is 0 Å². The van der Waals surface area contributed by atoms with Gasteiger partial charge in [0, 0.05) is 24.2 Å². The van der Waals surface area contributed by atoms with Crippen molar-refractivity contribution in [3.05, 3.63) is 16.1 Å². The molecule has 0 bridgehead atoms. The molecule has 1 aliphatic heterocycles. The molecule has 1 aliphatic rings. The van der Waals surface area contributed by atoms with Gasteiger partial charge in [-0.15, -0.1) is 35.3 Å². The van der Waals surface area contributed by atoms with Gasteiger partial charge in [0.2, 0.25) is 0 Å². The number of aromatic nitrogens is 1. The topological polar surface area (TPSA) is 52.5 Å². The van der Waals surface area contributed by atoms with E-state index >= 15 is 0 Å². The lowest BCUT2D eigenvalue weighted by molar-refractivity contribution is 0.185. The first kappa shape index (κ1) is 21.6. The third-order valence-corrected chi connectivity index (χ3v) is 5.09. The molecule has 1 saturated heterocycles. The Kier molecular flexibility index (Phi) is 10.8. The molecule has 0 radical (unpaired) electrons. The molecule has 0 atom stereocenters. The normalized spacial score (nSPS) is 16.7. The molecule has 0 saturated carbocycles. The Balaban J connectivity index is 0.00000288. The van der Waals surface area contributed by atoms with Gasteiger partial charge in [-0.05, 0) is 58.7 Å². The Morgan fingerprint density at radius 2 is 2.08 bits per heavy atom. The van der Waals surface area contributed by atoms with Crippen LogP contribution in [-0.4, -0.2) is 48.6 Å². The van der Waals surface area contributed by atoms with Crippen molar-refractivity contribution in [2.24, 2.45) is 10.9 Å². The number of guanidine groups is 1. The first-order valence-corrected chi connectivity index (χ1v) is 9.68. The van der Waals surface area contributed by atoms with E-state index in [1.54, 1.807) is 11.3 Å². The summed E-state index contributed by atoms with van der Waals surface area (Å²) in [5, 5.41) is 7.92. The van der Waals surface area contributed by atoms with Crippen LogP contribution in [0, 0.1) is 12.8 Å². The van der Waals surface area contributed by atoms with Crippen LogP contribution < -0.4 is 10.6 Å². The Morgan fingerprint density at radius 1 is 1.33 bits per heavy atom. The van der Waals surface area contributed by atoms with Crippen molar-refractivity contribution in [3.8, 4) is 0 Å². The van der Waals surface area contributed by atoms with E-state index in [0.717, 1.165) is 30.0 Å². The van der Waals surface area contributed by atoms with E-state index in [1.807, 2.05) is 6.20 Å². The number of nitrogens with zero attached hydrogens (tertiary/aromatic N) is 3. The zero-order chi connectivity index (χ0) is 16.5. The molecule has 0 amide bonds. The lowest BCUT2D eigenvalue weighted by atomic mass is 9.97. The van der Waals surface area contributed by atoms with Crippen LogP contribution in [-0.2, 0) is 6.54 Å². The second-order valence-electron chi connectivity index (χ2n) is 6.23. The zero-order valence-corrected chi connectivity index (χ0v) is 18.3. The Hall–Kier alpha value is -0.410. The van der Waals surface area contributed by atoms with E-state index < -0.39 is 0 Å². The van der Waals surface area contributed by atoms with Crippen LogP contribution in [0.4, 0.5) is 0 Å². The number of thiazole rings is 1. The highest BCUT2D eigenvalue weighted by atomic mass is 127. The summed E-state index contributed by atoms with van der Waals surface area (Å²) in [7, 11) is 0. The maximum atomic E-state index is 4.66. The summed E-state index contributed by atoms with van der Waals surface area (Å²) < 4.78 is 0. The number of nitrogens with one attached hydrogen (secondary N) is 2. The number of hydrogen-bond acceptors (Lipinski definition) is 4. The maximum absolute atomic E-state index is 4.66. The fourth-order valence-electron chi connectivity index (χ4n) is 2.93. The van der Waals surface area contributed by atoms with E-state index in [4.69, 9.17) is 0 Å². The minimum atomic E-state index is 0. The number of piperidine rings is 1. The number of likely N-dealkylation sites (tertiary alicyclic amines) is 1. The minimum Gasteiger partial charge on any atom is -0.357 e. The van der Waals surface area contributed by atoms with Crippen LogP contribution in [0.1, 0.15) is 43.0 Å². The summed E-state index contributed by atoms with van der Waals surface area (Å²) in [6, 6.07) is 0. The summed E-state index contributed by atoms with van der Waals surface area (Å²) in [5.41, 5.74) is 0. The number of aliphatic imine (C=N–C) groups is 1. The summed E-state index contributed by atoms with van der Waals surface area (Å²) in [6.45, 7) is 12.7. The van der Waals surface area contributed by atoms with Crippen molar-refractivity contribution in [2.75, 3.05) is 32.7 Å². The molecule has 5 nitrogen and oxygen atoms in total. The van der Waals surface area contributed by atoms with E-state index in [-0.39, 0.29) is 24.0 Å². The molecule has 2 heterocycles. The summed E-state index contributed by atoms with van der Waals surface area (Å²) in [5.74, 6) is 1.67. The lowest BCUT2D eigenvalue weighted by Crippen LogP contribution is -2.43. The zero-order valence-electron chi connectivity index (χ0n) is 15.2. The molecule has 7 heteroatoms. The van der Waals surface area contributed by atoms with E-state index in [9.17, 15) is 0 Å². The van der Waals surface area contributed by atoms with Gasteiger partial charge in [-0.2, -0.15) is 0 Å². The summed E-state index contributed by atoms with van der Waals surface area (Å²) >= 11 is 1.72. The molecule has 138 valence electrons. The van der Waals surface area contributed by atoms with Gasteiger partial charge in [-0.3, -0.25) is 0 Å². The molecule has 2 rings (SSSR count). The molecule has 2 N–H and O–H groups in total. The largest absolute Gasteiger partial charge is 0.357 e.